The molecule has 2 aliphatic rings. The van der Waals surface area contributed by atoms with Crippen LogP contribution in [-0.4, -0.2) is 49.6 Å². The Morgan fingerprint density at radius 1 is 1.12 bits per heavy atom. The molecule has 33 heavy (non-hydrogen) atoms. The largest absolute Gasteiger partial charge is 0.486 e. The van der Waals surface area contributed by atoms with Crippen LogP contribution in [0.2, 0.25) is 0 Å². The first kappa shape index (κ1) is 19.7. The van der Waals surface area contributed by atoms with E-state index in [1.807, 2.05) is 52.6 Å². The summed E-state index contributed by atoms with van der Waals surface area (Å²) in [6.07, 6.45) is 3.29. The van der Waals surface area contributed by atoms with E-state index < -0.39 is 5.60 Å². The number of nitrogens with two attached hydrogens (primary N) is 1. The fourth-order valence-corrected chi connectivity index (χ4v) is 5.07. The number of imidazole rings is 1. The molecule has 1 spiro atoms. The average molecular weight is 441 g/mol. The summed E-state index contributed by atoms with van der Waals surface area (Å²) in [5.74, 6) is 1.91. The predicted octanol–water partition coefficient (Wildman–Crippen LogP) is 3.41. The van der Waals surface area contributed by atoms with Gasteiger partial charge in [0, 0.05) is 31.5 Å². The van der Waals surface area contributed by atoms with Crippen molar-refractivity contribution in [3.8, 4) is 5.75 Å². The van der Waals surface area contributed by atoms with Gasteiger partial charge in [0.05, 0.1) is 29.2 Å². The van der Waals surface area contributed by atoms with Crippen molar-refractivity contribution >= 4 is 34.1 Å². The Kier molecular flexibility index (Phi) is 4.20. The maximum Gasteiger partial charge on any atom is 0.253 e. The summed E-state index contributed by atoms with van der Waals surface area (Å²) in [6.45, 7) is 2.96. The van der Waals surface area contributed by atoms with Crippen LogP contribution in [-0.2, 0) is 0 Å². The summed E-state index contributed by atoms with van der Waals surface area (Å²) in [4.78, 5) is 36.7. The minimum Gasteiger partial charge on any atom is -0.486 e. The van der Waals surface area contributed by atoms with Gasteiger partial charge in [0.15, 0.2) is 5.78 Å². The topological polar surface area (TPSA) is 103 Å². The average Bonchev–Trinajstić information content (AvgIpc) is 3.21. The Morgan fingerprint density at radius 3 is 2.73 bits per heavy atom. The second-order valence-corrected chi connectivity index (χ2v) is 8.90. The molecular formula is C25H23N5O3. The lowest BCUT2D eigenvalue weighted by Crippen LogP contribution is -2.52. The van der Waals surface area contributed by atoms with Crippen LogP contribution in [0.15, 0.2) is 48.7 Å². The zero-order valence-corrected chi connectivity index (χ0v) is 18.2. The number of anilines is 1. The molecule has 166 valence electrons. The summed E-state index contributed by atoms with van der Waals surface area (Å²) in [5.41, 5.74) is 9.01. The molecule has 0 aliphatic carbocycles. The summed E-state index contributed by atoms with van der Waals surface area (Å²) in [7, 11) is 0. The van der Waals surface area contributed by atoms with E-state index in [0.29, 0.717) is 60.6 Å². The van der Waals surface area contributed by atoms with E-state index in [1.54, 1.807) is 12.3 Å². The van der Waals surface area contributed by atoms with Gasteiger partial charge in [0.2, 0.25) is 0 Å². The third-order valence-electron chi connectivity index (χ3n) is 6.86. The first-order valence-electron chi connectivity index (χ1n) is 11.1. The van der Waals surface area contributed by atoms with Crippen molar-refractivity contribution in [2.75, 3.05) is 18.8 Å². The molecule has 1 amide bonds. The number of Topliss-reactive ketones (excluding diaryl/α,β-unsaturated/α-hetero) is 1. The molecule has 0 radical (unpaired) electrons. The maximum absolute atomic E-state index is 13.4. The van der Waals surface area contributed by atoms with Crippen molar-refractivity contribution < 1.29 is 14.3 Å². The number of ether oxygens (including phenoxy) is 1. The Labute approximate surface area is 190 Å². The number of aromatic nitrogens is 3. The van der Waals surface area contributed by atoms with E-state index in [0.717, 1.165) is 16.9 Å². The molecule has 0 atom stereocenters. The highest BCUT2D eigenvalue weighted by atomic mass is 16.5. The van der Waals surface area contributed by atoms with E-state index in [4.69, 9.17) is 10.5 Å². The Balaban J connectivity index is 1.26. The van der Waals surface area contributed by atoms with Crippen LogP contribution < -0.4 is 10.5 Å². The van der Waals surface area contributed by atoms with Crippen LogP contribution in [0, 0.1) is 6.92 Å². The molecule has 0 bridgehead atoms. The van der Waals surface area contributed by atoms with Gasteiger partial charge in [0.25, 0.3) is 5.91 Å². The lowest BCUT2D eigenvalue weighted by atomic mass is 9.82. The number of hydrogen-bond acceptors (Lipinski definition) is 6. The van der Waals surface area contributed by atoms with E-state index >= 15 is 0 Å². The molecule has 1 fully saturated rings. The summed E-state index contributed by atoms with van der Waals surface area (Å²) in [5, 5.41) is 0. The highest BCUT2D eigenvalue weighted by Crippen LogP contribution is 2.39. The number of hydrogen-bond donors (Lipinski definition) is 1. The second kappa shape index (κ2) is 7.03. The molecule has 8 heteroatoms. The van der Waals surface area contributed by atoms with E-state index in [1.165, 1.54) is 0 Å². The lowest BCUT2D eigenvalue weighted by Gasteiger charge is -2.44. The number of aryl methyl sites for hydroxylation is 1. The summed E-state index contributed by atoms with van der Waals surface area (Å²) >= 11 is 0. The van der Waals surface area contributed by atoms with Crippen molar-refractivity contribution in [2.24, 2.45) is 0 Å². The van der Waals surface area contributed by atoms with Crippen LogP contribution in [0.5, 0.6) is 5.75 Å². The van der Waals surface area contributed by atoms with E-state index in [9.17, 15) is 9.59 Å². The fraction of sp³-hybridized carbons (Fsp3) is 0.280. The summed E-state index contributed by atoms with van der Waals surface area (Å²) in [6, 6.07) is 12.9. The number of ketones is 1. The quantitative estimate of drug-likeness (QED) is 0.486. The van der Waals surface area contributed by atoms with Crippen LogP contribution in [0.1, 0.15) is 45.8 Å². The van der Waals surface area contributed by atoms with E-state index in [2.05, 4.69) is 9.97 Å². The van der Waals surface area contributed by atoms with Crippen molar-refractivity contribution in [1.82, 2.24) is 19.3 Å². The smallest absolute Gasteiger partial charge is 0.253 e. The third-order valence-corrected chi connectivity index (χ3v) is 6.86. The number of fused-ring (bicyclic) bond motifs is 4. The Morgan fingerprint density at radius 2 is 1.91 bits per heavy atom. The highest BCUT2D eigenvalue weighted by molar-refractivity contribution is 6.00. The molecule has 4 heterocycles. The van der Waals surface area contributed by atoms with Gasteiger partial charge in [0.1, 0.15) is 28.5 Å². The monoisotopic (exact) mass is 441 g/mol. The number of rotatable bonds is 1. The zero-order valence-electron chi connectivity index (χ0n) is 18.2. The molecular weight excluding hydrogens is 418 g/mol. The molecule has 2 aliphatic heterocycles. The van der Waals surface area contributed by atoms with Crippen LogP contribution in [0.4, 0.5) is 5.82 Å². The number of para-hydroxylation sites is 1. The standard InChI is InChI=1S/C25H23N5O3/c1-15-27-14-20-23(26)28-18-7-6-16(12-19(18)30(15)20)24(32)29-10-8-25(9-11-29)13-21(31)17-4-2-3-5-22(17)33-25/h2-7,12,14H,8-11,13H2,1H3,(H2,26,28). The molecule has 4 aromatic rings. The van der Waals surface area contributed by atoms with Gasteiger partial charge >= 0.3 is 0 Å². The molecule has 0 unspecified atom stereocenters. The number of likely N-dealkylation sites (tertiary alicyclic amines) is 1. The van der Waals surface area contributed by atoms with Crippen molar-refractivity contribution in [1.29, 1.82) is 0 Å². The number of piperidine rings is 1. The number of nitrogen functional groups attached to an aromatic ring is 1. The maximum atomic E-state index is 13.4. The minimum atomic E-state index is -0.535. The zero-order chi connectivity index (χ0) is 22.7. The lowest BCUT2D eigenvalue weighted by molar-refractivity contribution is -0.00570. The van der Waals surface area contributed by atoms with Crippen molar-refractivity contribution in [3.05, 3.63) is 65.6 Å². The number of amides is 1. The number of nitrogens with zero attached hydrogens (tertiary/aromatic N) is 4. The molecule has 2 N–H and O–H groups in total. The number of benzene rings is 2. The first-order chi connectivity index (χ1) is 15.9. The highest BCUT2D eigenvalue weighted by Gasteiger charge is 2.43. The number of carbonyl (C=O) groups is 2. The van der Waals surface area contributed by atoms with Gasteiger partial charge in [-0.25, -0.2) is 9.97 Å². The molecule has 1 saturated heterocycles. The Hall–Kier alpha value is -3.94. The molecule has 8 nitrogen and oxygen atoms in total. The van der Waals surface area contributed by atoms with Gasteiger partial charge in [-0.1, -0.05) is 12.1 Å². The molecule has 2 aromatic heterocycles. The Bertz CT molecular complexity index is 1450. The normalized spacial score (nSPS) is 17.4. The first-order valence-corrected chi connectivity index (χ1v) is 11.1. The predicted molar refractivity (Wildman–Crippen MR) is 124 cm³/mol. The second-order valence-electron chi connectivity index (χ2n) is 8.90. The van der Waals surface area contributed by atoms with Crippen LogP contribution >= 0.6 is 0 Å². The van der Waals surface area contributed by atoms with Gasteiger partial charge in [-0.2, -0.15) is 0 Å². The summed E-state index contributed by atoms with van der Waals surface area (Å²) < 4.78 is 8.23. The van der Waals surface area contributed by atoms with Crippen molar-refractivity contribution in [2.45, 2.75) is 31.8 Å². The molecule has 2 aromatic carbocycles. The van der Waals surface area contributed by atoms with Gasteiger partial charge < -0.3 is 15.4 Å². The molecule has 6 rings (SSSR count). The minimum absolute atomic E-state index is 0.0444. The number of carbonyl (C=O) groups excluding carboxylic acids is 2. The van der Waals surface area contributed by atoms with Crippen molar-refractivity contribution in [3.63, 3.8) is 0 Å². The van der Waals surface area contributed by atoms with Gasteiger partial charge in [-0.3, -0.25) is 14.0 Å². The SMILES string of the molecule is Cc1ncc2c(N)nc3ccc(C(=O)N4CCC5(CC4)CC(=O)c4ccccc4O5)cc3n12. The third kappa shape index (κ3) is 3.05. The van der Waals surface area contributed by atoms with E-state index in [-0.39, 0.29) is 11.7 Å². The molecule has 0 saturated carbocycles. The van der Waals surface area contributed by atoms with Crippen LogP contribution in [0.25, 0.3) is 16.6 Å². The van der Waals surface area contributed by atoms with Crippen LogP contribution in [0.3, 0.4) is 0 Å². The van der Waals surface area contributed by atoms with Gasteiger partial charge in [-0.05, 0) is 37.3 Å². The van der Waals surface area contributed by atoms with Gasteiger partial charge in [-0.15, -0.1) is 0 Å². The fourth-order valence-electron chi connectivity index (χ4n) is 5.07.